The Bertz CT molecular complexity index is 918. The number of allylic oxidation sites excluding steroid dienone is 2. The van der Waals surface area contributed by atoms with Crippen molar-refractivity contribution < 1.29 is 0 Å². The first kappa shape index (κ1) is 14.7. The maximum atomic E-state index is 6.14. The smallest absolute Gasteiger partial charge is 0.0955 e. The topological polar surface area (TPSA) is 0 Å². The third-order valence-corrected chi connectivity index (χ3v) is 3.86. The lowest BCUT2D eigenvalue weighted by Gasteiger charge is -2.10. The second-order valence-electron chi connectivity index (χ2n) is 5.51. The molecule has 0 aliphatic heterocycles. The molecular weight excluding hydrogens is 262 g/mol. The van der Waals surface area contributed by atoms with Crippen LogP contribution in [0.4, 0.5) is 0 Å². The molecule has 3 aromatic rings. The Kier molecular flexibility index (Phi) is 3.94. The van der Waals surface area contributed by atoms with Gasteiger partial charge in [0.25, 0.3) is 0 Å². The van der Waals surface area contributed by atoms with E-state index in [1.807, 2.05) is 50.3 Å². The Morgan fingerprint density at radius 1 is 0.682 bits per heavy atom. The van der Waals surface area contributed by atoms with Crippen LogP contribution < -0.4 is 10.9 Å². The molecule has 0 N–H and O–H groups in total. The van der Waals surface area contributed by atoms with E-state index in [0.717, 1.165) is 32.8 Å². The van der Waals surface area contributed by atoms with Gasteiger partial charge >= 0.3 is 0 Å². The van der Waals surface area contributed by atoms with E-state index in [2.05, 4.69) is 24.3 Å². The summed E-state index contributed by atoms with van der Waals surface area (Å²) < 4.78 is 0. The average Bonchev–Trinajstić information content (AvgIpc) is 2.47. The van der Waals surface area contributed by atoms with Crippen LogP contribution in [0.5, 0.6) is 0 Å². The van der Waals surface area contributed by atoms with Gasteiger partial charge in [0.2, 0.25) is 0 Å². The van der Waals surface area contributed by atoms with Crippen molar-refractivity contribution in [1.82, 2.24) is 0 Å². The molecule has 0 heterocycles. The van der Waals surface area contributed by atoms with Crippen molar-refractivity contribution in [3.05, 3.63) is 59.7 Å². The zero-order valence-corrected chi connectivity index (χ0v) is 12.9. The highest BCUT2D eigenvalue weighted by Gasteiger charge is 2.05. The molecule has 0 nitrogen and oxygen atoms in total. The molecule has 0 spiro atoms. The lowest BCUT2D eigenvalue weighted by atomic mass is 9.85. The zero-order valence-electron chi connectivity index (χ0n) is 12.9. The molecule has 0 saturated carbocycles. The summed E-state index contributed by atoms with van der Waals surface area (Å²) in [5, 5.41) is 4.66. The molecule has 0 aromatic heterocycles. The van der Waals surface area contributed by atoms with Crippen LogP contribution in [0.15, 0.2) is 48.6 Å². The highest BCUT2D eigenvalue weighted by molar-refractivity contribution is 6.36. The van der Waals surface area contributed by atoms with E-state index in [0.29, 0.717) is 0 Å². The molecule has 0 atom stereocenters. The normalized spacial score (nSPS) is 12.1. The third kappa shape index (κ3) is 2.62. The summed E-state index contributed by atoms with van der Waals surface area (Å²) in [6.07, 6.45) is 8.17. The number of hydrogen-bond donors (Lipinski definition) is 0. The second-order valence-corrected chi connectivity index (χ2v) is 5.51. The van der Waals surface area contributed by atoms with Crippen molar-refractivity contribution in [2.45, 2.75) is 13.8 Å². The van der Waals surface area contributed by atoms with Gasteiger partial charge in [-0.2, -0.15) is 0 Å². The summed E-state index contributed by atoms with van der Waals surface area (Å²) >= 11 is 0. The summed E-state index contributed by atoms with van der Waals surface area (Å²) in [5.74, 6) is 0. The predicted octanol–water partition coefficient (Wildman–Crippen LogP) is 3.65. The minimum atomic E-state index is 0.776. The van der Waals surface area contributed by atoms with Gasteiger partial charge in [-0.15, -0.1) is 0 Å². The molecule has 0 fully saturated rings. The standard InChI is InChI=1S/C20H16B2/c1-3-5-13-9-18(21)10-17-8-16-12-20(22)14(6-4-2)7-15(16)11-19(13)17/h3-12H,1-2H3. The molecular formula is C20H16B2. The van der Waals surface area contributed by atoms with E-state index >= 15 is 0 Å². The third-order valence-electron chi connectivity index (χ3n) is 3.86. The van der Waals surface area contributed by atoms with E-state index in [1.54, 1.807) is 0 Å². The lowest BCUT2D eigenvalue weighted by Crippen LogP contribution is -2.07. The van der Waals surface area contributed by atoms with Gasteiger partial charge in [-0.1, -0.05) is 53.4 Å². The van der Waals surface area contributed by atoms with Crippen LogP contribution in [-0.2, 0) is 0 Å². The number of benzene rings is 3. The quantitative estimate of drug-likeness (QED) is 0.496. The summed E-state index contributed by atoms with van der Waals surface area (Å²) in [5.41, 5.74) is 3.77. The SMILES string of the molecule is [B]c1cc(C=CC)c2cc3cc(C=CC)c([B])cc3cc2c1. The second kappa shape index (κ2) is 5.88. The number of hydrogen-bond acceptors (Lipinski definition) is 0. The monoisotopic (exact) mass is 278 g/mol. The highest BCUT2D eigenvalue weighted by atomic mass is 14.1. The Hall–Kier alpha value is -2.21. The van der Waals surface area contributed by atoms with Crippen molar-refractivity contribution in [2.75, 3.05) is 0 Å². The first-order valence-electron chi connectivity index (χ1n) is 7.44. The fourth-order valence-corrected chi connectivity index (χ4v) is 2.89. The first-order valence-corrected chi connectivity index (χ1v) is 7.44. The molecule has 22 heavy (non-hydrogen) atoms. The molecule has 0 aliphatic carbocycles. The fourth-order valence-electron chi connectivity index (χ4n) is 2.89. The van der Waals surface area contributed by atoms with E-state index in [-0.39, 0.29) is 0 Å². The maximum Gasteiger partial charge on any atom is 0.114 e. The van der Waals surface area contributed by atoms with Gasteiger partial charge in [-0.3, -0.25) is 0 Å². The van der Waals surface area contributed by atoms with Gasteiger partial charge in [0.05, 0.1) is 0 Å². The zero-order chi connectivity index (χ0) is 15.7. The number of fused-ring (bicyclic) bond motifs is 2. The maximum absolute atomic E-state index is 6.14. The van der Waals surface area contributed by atoms with Crippen molar-refractivity contribution >= 4 is 60.3 Å². The van der Waals surface area contributed by atoms with Crippen LogP contribution in [-0.4, -0.2) is 15.7 Å². The Morgan fingerprint density at radius 3 is 2.09 bits per heavy atom. The van der Waals surface area contributed by atoms with Crippen LogP contribution in [0.1, 0.15) is 25.0 Å². The van der Waals surface area contributed by atoms with Gasteiger partial charge in [0.15, 0.2) is 0 Å². The van der Waals surface area contributed by atoms with Gasteiger partial charge < -0.3 is 0 Å². The highest BCUT2D eigenvalue weighted by Crippen LogP contribution is 2.26. The van der Waals surface area contributed by atoms with Gasteiger partial charge in [-0.05, 0) is 64.7 Å². The van der Waals surface area contributed by atoms with E-state index in [4.69, 9.17) is 15.7 Å². The molecule has 0 bridgehead atoms. The van der Waals surface area contributed by atoms with Crippen LogP contribution >= 0.6 is 0 Å². The van der Waals surface area contributed by atoms with Crippen molar-refractivity contribution in [2.24, 2.45) is 0 Å². The molecule has 0 unspecified atom stereocenters. The van der Waals surface area contributed by atoms with Gasteiger partial charge in [0, 0.05) is 0 Å². The first-order chi connectivity index (χ1) is 10.6. The summed E-state index contributed by atoms with van der Waals surface area (Å²) in [6.45, 7) is 4.01. The summed E-state index contributed by atoms with van der Waals surface area (Å²) in [4.78, 5) is 0. The molecule has 102 valence electrons. The fraction of sp³-hybridized carbons (Fsp3) is 0.100. The number of rotatable bonds is 2. The molecule has 2 heteroatoms. The van der Waals surface area contributed by atoms with Crippen LogP contribution in [0.25, 0.3) is 33.7 Å². The van der Waals surface area contributed by atoms with Crippen molar-refractivity contribution in [1.29, 1.82) is 0 Å². The van der Waals surface area contributed by atoms with E-state index in [9.17, 15) is 0 Å². The van der Waals surface area contributed by atoms with Gasteiger partial charge in [0.1, 0.15) is 15.7 Å². The molecule has 3 rings (SSSR count). The molecule has 3 aromatic carbocycles. The van der Waals surface area contributed by atoms with Gasteiger partial charge in [-0.25, -0.2) is 0 Å². The van der Waals surface area contributed by atoms with E-state index < -0.39 is 0 Å². The van der Waals surface area contributed by atoms with Crippen LogP contribution in [0.2, 0.25) is 0 Å². The summed E-state index contributed by atoms with van der Waals surface area (Å²) in [6, 6.07) is 12.6. The average molecular weight is 278 g/mol. The Morgan fingerprint density at radius 2 is 1.36 bits per heavy atom. The van der Waals surface area contributed by atoms with Crippen LogP contribution in [0, 0.1) is 0 Å². The molecule has 0 saturated heterocycles. The Labute approximate surface area is 134 Å². The molecule has 0 amide bonds. The van der Waals surface area contributed by atoms with Crippen molar-refractivity contribution in [3.8, 4) is 0 Å². The van der Waals surface area contributed by atoms with E-state index in [1.165, 1.54) is 10.8 Å². The minimum Gasteiger partial charge on any atom is -0.0955 e. The van der Waals surface area contributed by atoms with Crippen LogP contribution in [0.3, 0.4) is 0 Å². The molecule has 0 aliphatic rings. The largest absolute Gasteiger partial charge is 0.114 e. The summed E-state index contributed by atoms with van der Waals surface area (Å²) in [7, 11) is 12.2. The molecule has 4 radical (unpaired) electrons. The predicted molar refractivity (Wildman–Crippen MR) is 102 cm³/mol. The Balaban J connectivity index is 2.38. The lowest BCUT2D eigenvalue weighted by molar-refractivity contribution is 1.72. The minimum absolute atomic E-state index is 0.776. The van der Waals surface area contributed by atoms with Crippen molar-refractivity contribution in [3.63, 3.8) is 0 Å².